The van der Waals surface area contributed by atoms with Crippen LogP contribution < -0.4 is 5.48 Å². The number of hydrogen-bond acceptors (Lipinski definition) is 4. The quantitative estimate of drug-likeness (QED) is 0.900. The first kappa shape index (κ1) is 15.0. The molecular formula is C15H22N2O3S. The van der Waals surface area contributed by atoms with Gasteiger partial charge in [0.2, 0.25) is 10.0 Å². The lowest BCUT2D eigenvalue weighted by atomic mass is 9.75. The minimum atomic E-state index is -3.44. The summed E-state index contributed by atoms with van der Waals surface area (Å²) in [5.74, 6) is 0.203. The molecule has 0 spiro atoms. The van der Waals surface area contributed by atoms with E-state index in [2.05, 4.69) is 19.3 Å². The van der Waals surface area contributed by atoms with Crippen molar-refractivity contribution < 1.29 is 13.3 Å². The van der Waals surface area contributed by atoms with Crippen LogP contribution in [0.1, 0.15) is 19.4 Å². The number of hydroxylamine groups is 1. The molecule has 0 radical (unpaired) electrons. The number of hydrogen-bond donors (Lipinski definition) is 1. The van der Waals surface area contributed by atoms with Crippen molar-refractivity contribution in [3.8, 4) is 0 Å². The number of rotatable bonds is 2. The normalized spacial score (nSPS) is 29.3. The molecule has 0 aliphatic carbocycles. The average molecular weight is 310 g/mol. The molecular weight excluding hydrogens is 288 g/mol. The molecule has 2 aliphatic rings. The molecule has 2 atom stereocenters. The van der Waals surface area contributed by atoms with Gasteiger partial charge in [0.15, 0.2) is 0 Å². The third-order valence-electron chi connectivity index (χ3n) is 4.50. The van der Waals surface area contributed by atoms with Crippen molar-refractivity contribution >= 4 is 10.0 Å². The minimum absolute atomic E-state index is 0.156. The summed E-state index contributed by atoms with van der Waals surface area (Å²) in [6, 6.07) is 7.26. The molecule has 2 fully saturated rings. The zero-order chi connectivity index (χ0) is 15.3. The highest BCUT2D eigenvalue weighted by Crippen LogP contribution is 2.37. The van der Waals surface area contributed by atoms with Crippen LogP contribution in [-0.4, -0.2) is 38.5 Å². The van der Waals surface area contributed by atoms with Crippen LogP contribution in [0, 0.1) is 18.3 Å². The lowest BCUT2D eigenvalue weighted by molar-refractivity contribution is 0.0532. The Kier molecular flexibility index (Phi) is 3.60. The van der Waals surface area contributed by atoms with Crippen LogP contribution in [0.4, 0.5) is 0 Å². The molecule has 2 saturated heterocycles. The van der Waals surface area contributed by atoms with Crippen molar-refractivity contribution in [1.82, 2.24) is 9.79 Å². The Labute approximate surface area is 126 Å². The largest absolute Gasteiger partial charge is 0.301 e. The van der Waals surface area contributed by atoms with Crippen molar-refractivity contribution in [2.45, 2.75) is 31.7 Å². The molecule has 3 rings (SSSR count). The average Bonchev–Trinajstić information content (AvgIpc) is 2.88. The summed E-state index contributed by atoms with van der Waals surface area (Å²) in [6.45, 7) is 7.70. The molecule has 0 unspecified atom stereocenters. The molecule has 0 amide bonds. The maximum absolute atomic E-state index is 12.8. The maximum Gasteiger partial charge on any atom is 0.243 e. The van der Waals surface area contributed by atoms with Gasteiger partial charge in [-0.3, -0.25) is 0 Å². The van der Waals surface area contributed by atoms with Crippen molar-refractivity contribution in [3.05, 3.63) is 29.8 Å². The second kappa shape index (κ2) is 5.05. The SMILES string of the molecule is Cc1ccc(S(=O)(=O)N2C[C@H]3CON[C@H]3C(C)(C)C2)cc1. The van der Waals surface area contributed by atoms with Gasteiger partial charge in [-0.25, -0.2) is 8.42 Å². The molecule has 0 aromatic heterocycles. The van der Waals surface area contributed by atoms with E-state index in [4.69, 9.17) is 4.84 Å². The molecule has 2 aliphatic heterocycles. The van der Waals surface area contributed by atoms with Gasteiger partial charge in [-0.1, -0.05) is 31.5 Å². The topological polar surface area (TPSA) is 58.6 Å². The Morgan fingerprint density at radius 2 is 1.95 bits per heavy atom. The Morgan fingerprint density at radius 1 is 1.29 bits per heavy atom. The Balaban J connectivity index is 1.91. The highest BCUT2D eigenvalue weighted by Gasteiger charge is 2.48. The fourth-order valence-corrected chi connectivity index (χ4v) is 4.98. The Hall–Kier alpha value is -0.950. The first-order chi connectivity index (χ1) is 9.80. The smallest absolute Gasteiger partial charge is 0.243 e. The summed E-state index contributed by atoms with van der Waals surface area (Å²) in [7, 11) is -3.44. The molecule has 6 heteroatoms. The second-order valence-electron chi connectivity index (χ2n) is 6.77. The van der Waals surface area contributed by atoms with E-state index in [1.54, 1.807) is 16.4 Å². The van der Waals surface area contributed by atoms with E-state index in [9.17, 15) is 8.42 Å². The number of fused-ring (bicyclic) bond motifs is 1. The maximum atomic E-state index is 12.8. The molecule has 1 aromatic carbocycles. The summed E-state index contributed by atoms with van der Waals surface area (Å²) in [6.07, 6.45) is 0. The van der Waals surface area contributed by atoms with Crippen LogP contribution in [0.3, 0.4) is 0 Å². The van der Waals surface area contributed by atoms with Gasteiger partial charge >= 0.3 is 0 Å². The standard InChI is InChI=1S/C15H22N2O3S/c1-11-4-6-13(7-5-11)21(18,19)17-8-12-9-20-16-14(12)15(2,3)10-17/h4-7,12,14,16H,8-10H2,1-3H3/t12-,14+/m0/s1. The molecule has 1 aromatic rings. The van der Waals surface area contributed by atoms with Gasteiger partial charge < -0.3 is 4.84 Å². The number of nitrogens with zero attached hydrogens (tertiary/aromatic N) is 1. The van der Waals surface area contributed by atoms with E-state index >= 15 is 0 Å². The zero-order valence-electron chi connectivity index (χ0n) is 12.7. The van der Waals surface area contributed by atoms with E-state index in [-0.39, 0.29) is 17.4 Å². The van der Waals surface area contributed by atoms with E-state index in [0.29, 0.717) is 24.6 Å². The van der Waals surface area contributed by atoms with Crippen LogP contribution in [0.2, 0.25) is 0 Å². The molecule has 116 valence electrons. The number of piperidine rings is 1. The Bertz CT molecular complexity index is 625. The highest BCUT2D eigenvalue weighted by atomic mass is 32.2. The number of benzene rings is 1. The fraction of sp³-hybridized carbons (Fsp3) is 0.600. The van der Waals surface area contributed by atoms with Crippen LogP contribution in [0.25, 0.3) is 0 Å². The van der Waals surface area contributed by atoms with E-state index < -0.39 is 10.0 Å². The number of aryl methyl sites for hydroxylation is 1. The van der Waals surface area contributed by atoms with Gasteiger partial charge in [-0.15, -0.1) is 0 Å². The number of nitrogens with one attached hydrogen (secondary N) is 1. The van der Waals surface area contributed by atoms with E-state index in [0.717, 1.165) is 5.56 Å². The Morgan fingerprint density at radius 3 is 2.62 bits per heavy atom. The first-order valence-corrected chi connectivity index (χ1v) is 8.69. The molecule has 21 heavy (non-hydrogen) atoms. The monoisotopic (exact) mass is 310 g/mol. The van der Waals surface area contributed by atoms with Crippen LogP contribution in [-0.2, 0) is 14.9 Å². The second-order valence-corrected chi connectivity index (χ2v) is 8.70. The molecule has 0 bridgehead atoms. The van der Waals surface area contributed by atoms with Gasteiger partial charge in [0.1, 0.15) is 0 Å². The molecule has 5 nitrogen and oxygen atoms in total. The van der Waals surface area contributed by atoms with Crippen LogP contribution >= 0.6 is 0 Å². The summed E-state index contributed by atoms with van der Waals surface area (Å²) in [4.78, 5) is 5.71. The van der Waals surface area contributed by atoms with Gasteiger partial charge in [0.05, 0.1) is 11.5 Å². The molecule has 2 heterocycles. The van der Waals surface area contributed by atoms with E-state index in [1.165, 1.54) is 0 Å². The van der Waals surface area contributed by atoms with Crippen LogP contribution in [0.15, 0.2) is 29.2 Å². The van der Waals surface area contributed by atoms with Crippen molar-refractivity contribution in [1.29, 1.82) is 0 Å². The third kappa shape index (κ3) is 2.61. The predicted molar refractivity (Wildman–Crippen MR) is 80.1 cm³/mol. The van der Waals surface area contributed by atoms with Gasteiger partial charge in [0.25, 0.3) is 0 Å². The number of sulfonamides is 1. The lowest BCUT2D eigenvalue weighted by Crippen LogP contribution is -2.57. The third-order valence-corrected chi connectivity index (χ3v) is 6.33. The summed E-state index contributed by atoms with van der Waals surface area (Å²) in [5, 5.41) is 0. The molecule has 1 N–H and O–H groups in total. The first-order valence-electron chi connectivity index (χ1n) is 7.25. The van der Waals surface area contributed by atoms with Crippen molar-refractivity contribution in [2.24, 2.45) is 11.3 Å². The van der Waals surface area contributed by atoms with Gasteiger partial charge in [0, 0.05) is 25.0 Å². The van der Waals surface area contributed by atoms with Crippen LogP contribution in [0.5, 0.6) is 0 Å². The van der Waals surface area contributed by atoms with Gasteiger partial charge in [-0.05, 0) is 24.5 Å². The summed E-state index contributed by atoms with van der Waals surface area (Å²) in [5.41, 5.74) is 3.95. The zero-order valence-corrected chi connectivity index (χ0v) is 13.5. The van der Waals surface area contributed by atoms with E-state index in [1.807, 2.05) is 19.1 Å². The van der Waals surface area contributed by atoms with Crippen molar-refractivity contribution in [3.63, 3.8) is 0 Å². The predicted octanol–water partition coefficient (Wildman–Crippen LogP) is 1.55. The summed E-state index contributed by atoms with van der Waals surface area (Å²) < 4.78 is 27.3. The highest BCUT2D eigenvalue weighted by molar-refractivity contribution is 7.89. The summed E-state index contributed by atoms with van der Waals surface area (Å²) >= 11 is 0. The molecule has 0 saturated carbocycles. The fourth-order valence-electron chi connectivity index (χ4n) is 3.31. The van der Waals surface area contributed by atoms with Crippen molar-refractivity contribution in [2.75, 3.05) is 19.7 Å². The van der Waals surface area contributed by atoms with Gasteiger partial charge in [-0.2, -0.15) is 9.79 Å². The lowest BCUT2D eigenvalue weighted by Gasteiger charge is -2.44. The minimum Gasteiger partial charge on any atom is -0.301 e.